The van der Waals surface area contributed by atoms with E-state index in [-0.39, 0.29) is 11.5 Å². The Morgan fingerprint density at radius 3 is 2.92 bits per heavy atom. The van der Waals surface area contributed by atoms with Crippen molar-refractivity contribution >= 4 is 11.5 Å². The van der Waals surface area contributed by atoms with Gasteiger partial charge in [0.05, 0.1) is 0 Å². The lowest BCUT2D eigenvalue weighted by Crippen LogP contribution is -2.37. The number of anilines is 1. The highest BCUT2D eigenvalue weighted by molar-refractivity contribution is 5.94. The normalized spacial score (nSPS) is 11.5. The van der Waals surface area contributed by atoms with Crippen LogP contribution in [-0.4, -0.2) is 11.0 Å². The SMILES string of the molecule is N/C(=N/O)c1cc(N)cc[n+]1[O-]. The fourth-order valence-corrected chi connectivity index (χ4v) is 0.742. The van der Waals surface area contributed by atoms with Crippen LogP contribution >= 0.6 is 0 Å². The maximum absolute atomic E-state index is 11.0. The second-order valence-electron chi connectivity index (χ2n) is 2.16. The Hall–Kier alpha value is -1.98. The molecular weight excluding hydrogens is 160 g/mol. The van der Waals surface area contributed by atoms with E-state index in [1.807, 2.05) is 0 Å². The third-order valence-electron chi connectivity index (χ3n) is 1.31. The quantitative estimate of drug-likeness (QED) is 0.125. The highest BCUT2D eigenvalue weighted by atomic mass is 16.5. The van der Waals surface area contributed by atoms with E-state index in [0.717, 1.165) is 0 Å². The first-order valence-electron chi connectivity index (χ1n) is 3.11. The van der Waals surface area contributed by atoms with Crippen LogP contribution in [0, 0.1) is 5.21 Å². The van der Waals surface area contributed by atoms with Crippen LogP contribution in [0.4, 0.5) is 5.69 Å². The Morgan fingerprint density at radius 2 is 2.33 bits per heavy atom. The molecule has 0 aliphatic carbocycles. The van der Waals surface area contributed by atoms with Gasteiger partial charge in [-0.15, -0.1) is 0 Å². The number of nitrogens with two attached hydrogens (primary N) is 2. The lowest BCUT2D eigenvalue weighted by molar-refractivity contribution is -0.606. The smallest absolute Gasteiger partial charge is 0.264 e. The molecule has 1 heterocycles. The van der Waals surface area contributed by atoms with Gasteiger partial charge in [-0.3, -0.25) is 0 Å². The number of oxime groups is 1. The number of rotatable bonds is 1. The molecule has 6 heteroatoms. The summed E-state index contributed by atoms with van der Waals surface area (Å²) in [5.74, 6) is -0.266. The molecule has 0 amide bonds. The number of aromatic nitrogens is 1. The van der Waals surface area contributed by atoms with Crippen LogP contribution in [0.15, 0.2) is 23.5 Å². The molecule has 0 saturated carbocycles. The van der Waals surface area contributed by atoms with Gasteiger partial charge in [0, 0.05) is 17.8 Å². The van der Waals surface area contributed by atoms with E-state index in [0.29, 0.717) is 10.4 Å². The van der Waals surface area contributed by atoms with E-state index in [1.54, 1.807) is 0 Å². The van der Waals surface area contributed by atoms with E-state index in [1.165, 1.54) is 18.3 Å². The maximum Gasteiger partial charge on any atom is 0.264 e. The van der Waals surface area contributed by atoms with Crippen molar-refractivity contribution in [2.45, 2.75) is 0 Å². The number of hydrogen-bond donors (Lipinski definition) is 3. The van der Waals surface area contributed by atoms with Crippen molar-refractivity contribution < 1.29 is 9.94 Å². The van der Waals surface area contributed by atoms with Crippen LogP contribution < -0.4 is 16.2 Å². The Balaban J connectivity index is 3.23. The van der Waals surface area contributed by atoms with Crippen LogP contribution in [0.3, 0.4) is 0 Å². The number of hydrogen-bond acceptors (Lipinski definition) is 4. The van der Waals surface area contributed by atoms with Crippen molar-refractivity contribution in [3.8, 4) is 0 Å². The molecule has 1 rings (SSSR count). The number of amidine groups is 1. The van der Waals surface area contributed by atoms with Gasteiger partial charge in [-0.25, -0.2) is 0 Å². The highest BCUT2D eigenvalue weighted by Gasteiger charge is 2.10. The Bertz CT molecular complexity index is 323. The van der Waals surface area contributed by atoms with E-state index in [9.17, 15) is 5.21 Å². The largest absolute Gasteiger partial charge is 0.618 e. The maximum atomic E-state index is 11.0. The topological polar surface area (TPSA) is 112 Å². The molecule has 0 aliphatic rings. The average molecular weight is 168 g/mol. The molecule has 6 nitrogen and oxygen atoms in total. The first kappa shape index (κ1) is 8.12. The zero-order chi connectivity index (χ0) is 9.14. The van der Waals surface area contributed by atoms with Gasteiger partial charge in [0.15, 0.2) is 6.20 Å². The Kier molecular flexibility index (Phi) is 2.00. The van der Waals surface area contributed by atoms with Gasteiger partial charge in [0.25, 0.3) is 5.69 Å². The summed E-state index contributed by atoms with van der Waals surface area (Å²) in [5, 5.41) is 21.9. The van der Waals surface area contributed by atoms with Crippen molar-refractivity contribution in [3.05, 3.63) is 29.2 Å². The van der Waals surface area contributed by atoms with Crippen molar-refractivity contribution in [2.75, 3.05) is 5.73 Å². The number of nitrogens with zero attached hydrogens (tertiary/aromatic N) is 2. The lowest BCUT2D eigenvalue weighted by atomic mass is 10.3. The van der Waals surface area contributed by atoms with Gasteiger partial charge in [-0.2, -0.15) is 4.73 Å². The van der Waals surface area contributed by atoms with Crippen molar-refractivity contribution in [2.24, 2.45) is 10.9 Å². The minimum absolute atomic E-state index is 0.0255. The molecular formula is C6H8N4O2. The molecule has 0 aliphatic heterocycles. The summed E-state index contributed by atoms with van der Waals surface area (Å²) in [6, 6.07) is 2.74. The molecule has 0 atom stereocenters. The van der Waals surface area contributed by atoms with E-state index < -0.39 is 0 Å². The zero-order valence-electron chi connectivity index (χ0n) is 6.14. The second-order valence-corrected chi connectivity index (χ2v) is 2.16. The predicted molar refractivity (Wildman–Crippen MR) is 42.3 cm³/mol. The van der Waals surface area contributed by atoms with Gasteiger partial charge < -0.3 is 21.9 Å². The van der Waals surface area contributed by atoms with Crippen LogP contribution in [0.25, 0.3) is 0 Å². The highest BCUT2D eigenvalue weighted by Crippen LogP contribution is 2.00. The van der Waals surface area contributed by atoms with Crippen LogP contribution in [0.1, 0.15) is 5.69 Å². The molecule has 0 fully saturated rings. The van der Waals surface area contributed by atoms with Gasteiger partial charge in [-0.05, 0) is 0 Å². The van der Waals surface area contributed by atoms with Gasteiger partial charge in [-0.1, -0.05) is 5.16 Å². The van der Waals surface area contributed by atoms with Gasteiger partial charge in [0.2, 0.25) is 5.84 Å². The minimum atomic E-state index is -0.266. The lowest BCUT2D eigenvalue weighted by Gasteiger charge is -2.02. The summed E-state index contributed by atoms with van der Waals surface area (Å²) in [6.07, 6.45) is 1.18. The van der Waals surface area contributed by atoms with E-state index in [4.69, 9.17) is 16.7 Å². The molecule has 1 aromatic rings. The third-order valence-corrected chi connectivity index (χ3v) is 1.31. The minimum Gasteiger partial charge on any atom is -0.618 e. The molecule has 0 radical (unpaired) electrons. The molecule has 5 N–H and O–H groups in total. The van der Waals surface area contributed by atoms with Crippen molar-refractivity contribution in [1.29, 1.82) is 0 Å². The predicted octanol–water partition coefficient (Wildman–Crippen LogP) is -1.00. The first-order valence-corrected chi connectivity index (χ1v) is 3.11. The summed E-state index contributed by atoms with van der Waals surface area (Å²) < 4.78 is 0.464. The Labute approximate surface area is 68.3 Å². The van der Waals surface area contributed by atoms with Crippen molar-refractivity contribution in [1.82, 2.24) is 0 Å². The fourth-order valence-electron chi connectivity index (χ4n) is 0.742. The third kappa shape index (κ3) is 1.36. The van der Waals surface area contributed by atoms with Crippen molar-refractivity contribution in [3.63, 3.8) is 0 Å². The molecule has 0 unspecified atom stereocenters. The van der Waals surface area contributed by atoms with E-state index >= 15 is 0 Å². The fraction of sp³-hybridized carbons (Fsp3) is 0. The standard InChI is InChI=1S/C6H8N4O2/c7-4-1-2-10(12)5(3-4)6(8)9-11/h1-3,11H,7H2,(H2,8,9). The summed E-state index contributed by atoms with van der Waals surface area (Å²) in [6.45, 7) is 0. The molecule has 64 valence electrons. The molecule has 0 spiro atoms. The summed E-state index contributed by atoms with van der Waals surface area (Å²) in [5.41, 5.74) is 11.0. The molecule has 0 saturated heterocycles. The molecule has 12 heavy (non-hydrogen) atoms. The summed E-state index contributed by atoms with van der Waals surface area (Å²) in [4.78, 5) is 0. The Morgan fingerprint density at radius 1 is 1.67 bits per heavy atom. The number of pyridine rings is 1. The summed E-state index contributed by atoms with van der Waals surface area (Å²) >= 11 is 0. The van der Waals surface area contributed by atoms with Gasteiger partial charge >= 0.3 is 0 Å². The number of nitrogen functional groups attached to an aromatic ring is 1. The monoisotopic (exact) mass is 168 g/mol. The van der Waals surface area contributed by atoms with E-state index in [2.05, 4.69) is 5.16 Å². The van der Waals surface area contributed by atoms with Crippen LogP contribution in [0.2, 0.25) is 0 Å². The molecule has 0 bridgehead atoms. The molecule has 0 aromatic carbocycles. The summed E-state index contributed by atoms with van der Waals surface area (Å²) in [7, 11) is 0. The zero-order valence-corrected chi connectivity index (χ0v) is 6.14. The average Bonchev–Trinajstić information content (AvgIpc) is 2.08. The van der Waals surface area contributed by atoms with Gasteiger partial charge in [0.1, 0.15) is 0 Å². The van der Waals surface area contributed by atoms with Crippen LogP contribution in [0.5, 0.6) is 0 Å². The first-order chi connectivity index (χ1) is 5.65. The molecule has 1 aromatic heterocycles. The second kappa shape index (κ2) is 2.95. The van der Waals surface area contributed by atoms with Crippen LogP contribution in [-0.2, 0) is 0 Å².